The maximum Gasteiger partial charge on any atom is 0.239 e. The summed E-state index contributed by atoms with van der Waals surface area (Å²) in [5, 5.41) is 12.4. The molecule has 0 spiro atoms. The Morgan fingerprint density at radius 3 is 2.87 bits per heavy atom. The first-order chi connectivity index (χ1) is 10.8. The van der Waals surface area contributed by atoms with E-state index in [9.17, 15) is 9.90 Å². The molecule has 2 rings (SSSR count). The highest BCUT2D eigenvalue weighted by Gasteiger charge is 2.25. The summed E-state index contributed by atoms with van der Waals surface area (Å²) in [5.41, 5.74) is -0.251. The third-order valence-electron chi connectivity index (χ3n) is 3.81. The van der Waals surface area contributed by atoms with Crippen molar-refractivity contribution in [2.75, 3.05) is 36.5 Å². The number of rotatable bonds is 5. The fraction of sp³-hybridized carbons (Fsp3) is 0.688. The lowest BCUT2D eigenvalue weighted by Gasteiger charge is -2.26. The summed E-state index contributed by atoms with van der Waals surface area (Å²) in [6.07, 6.45) is 3.53. The summed E-state index contributed by atoms with van der Waals surface area (Å²) < 4.78 is 0. The van der Waals surface area contributed by atoms with Crippen LogP contribution in [0.1, 0.15) is 33.6 Å². The first-order valence-electron chi connectivity index (χ1n) is 8.02. The van der Waals surface area contributed by atoms with Gasteiger partial charge in [-0.05, 0) is 33.6 Å². The normalized spacial score (nSPS) is 18.1. The van der Waals surface area contributed by atoms with Crippen molar-refractivity contribution in [1.82, 2.24) is 15.3 Å². The third-order valence-corrected chi connectivity index (χ3v) is 3.81. The van der Waals surface area contributed by atoms with Crippen LogP contribution in [0, 0.1) is 0 Å². The van der Waals surface area contributed by atoms with Gasteiger partial charge in [0.1, 0.15) is 18.0 Å². The second-order valence-corrected chi connectivity index (χ2v) is 7.06. The molecule has 7 nitrogen and oxygen atoms in total. The molecule has 7 heteroatoms. The molecule has 0 aliphatic carbocycles. The SMILES string of the molecule is CN(CC(=O)NC(C)(C)C)c1cc(N2CCC[C@H]2CO)ncn1. The molecule has 2 heterocycles. The Bertz CT molecular complexity index is 544. The number of likely N-dealkylation sites (N-methyl/N-ethyl adjacent to an activating group) is 1. The van der Waals surface area contributed by atoms with Crippen LogP contribution in [0.15, 0.2) is 12.4 Å². The molecule has 0 radical (unpaired) electrons. The van der Waals surface area contributed by atoms with E-state index in [4.69, 9.17) is 0 Å². The molecule has 1 atom stereocenters. The third kappa shape index (κ3) is 4.79. The van der Waals surface area contributed by atoms with Gasteiger partial charge in [-0.1, -0.05) is 0 Å². The van der Waals surface area contributed by atoms with Crippen molar-refractivity contribution >= 4 is 17.5 Å². The van der Waals surface area contributed by atoms with Crippen LogP contribution in [0.4, 0.5) is 11.6 Å². The number of hydrogen-bond acceptors (Lipinski definition) is 6. The molecule has 0 saturated carbocycles. The van der Waals surface area contributed by atoms with Crippen molar-refractivity contribution in [3.8, 4) is 0 Å². The number of anilines is 2. The first kappa shape index (κ1) is 17.5. The fourth-order valence-corrected chi connectivity index (χ4v) is 2.78. The van der Waals surface area contributed by atoms with E-state index in [-0.39, 0.29) is 30.6 Å². The van der Waals surface area contributed by atoms with Gasteiger partial charge in [0, 0.05) is 25.2 Å². The average molecular weight is 321 g/mol. The molecule has 128 valence electrons. The average Bonchev–Trinajstić information content (AvgIpc) is 2.93. The number of amides is 1. The van der Waals surface area contributed by atoms with Crippen molar-refractivity contribution in [2.45, 2.75) is 45.2 Å². The van der Waals surface area contributed by atoms with Gasteiger partial charge in [0.15, 0.2) is 0 Å². The molecule has 1 aliphatic rings. The fourth-order valence-electron chi connectivity index (χ4n) is 2.78. The van der Waals surface area contributed by atoms with E-state index < -0.39 is 0 Å². The number of carbonyl (C=O) groups is 1. The van der Waals surface area contributed by atoms with E-state index in [1.165, 1.54) is 6.33 Å². The van der Waals surface area contributed by atoms with Crippen LogP contribution in [0.3, 0.4) is 0 Å². The molecule has 2 N–H and O–H groups in total. The Morgan fingerprint density at radius 1 is 1.48 bits per heavy atom. The van der Waals surface area contributed by atoms with Crippen LogP contribution in [0.25, 0.3) is 0 Å². The highest BCUT2D eigenvalue weighted by Crippen LogP contribution is 2.25. The van der Waals surface area contributed by atoms with Gasteiger partial charge >= 0.3 is 0 Å². The number of aliphatic hydroxyl groups excluding tert-OH is 1. The molecule has 23 heavy (non-hydrogen) atoms. The van der Waals surface area contributed by atoms with Crippen LogP contribution in [-0.2, 0) is 4.79 Å². The standard InChI is InChI=1S/C16H27N5O2/c1-16(2,3)19-15(23)9-20(4)13-8-14(18-11-17-13)21-7-5-6-12(21)10-22/h8,11-12,22H,5-7,9-10H2,1-4H3,(H,19,23)/t12-/m0/s1. The van der Waals surface area contributed by atoms with E-state index in [2.05, 4.69) is 20.2 Å². The van der Waals surface area contributed by atoms with Crippen LogP contribution in [-0.4, -0.2) is 59.3 Å². The molecule has 0 bridgehead atoms. The zero-order valence-corrected chi connectivity index (χ0v) is 14.4. The summed E-state index contributed by atoms with van der Waals surface area (Å²) in [6.45, 7) is 7.11. The number of nitrogens with zero attached hydrogens (tertiary/aromatic N) is 4. The molecule has 1 aromatic rings. The van der Waals surface area contributed by atoms with Gasteiger partial charge in [-0.15, -0.1) is 0 Å². The van der Waals surface area contributed by atoms with Gasteiger partial charge in [0.25, 0.3) is 0 Å². The number of hydrogen-bond donors (Lipinski definition) is 2. The monoisotopic (exact) mass is 321 g/mol. The summed E-state index contributed by atoms with van der Waals surface area (Å²) in [4.78, 5) is 24.5. The lowest BCUT2D eigenvalue weighted by molar-refractivity contribution is -0.121. The summed E-state index contributed by atoms with van der Waals surface area (Å²) >= 11 is 0. The van der Waals surface area contributed by atoms with Crippen LogP contribution in [0.2, 0.25) is 0 Å². The second-order valence-electron chi connectivity index (χ2n) is 7.06. The van der Waals surface area contributed by atoms with Gasteiger partial charge in [0.2, 0.25) is 5.91 Å². The molecular weight excluding hydrogens is 294 g/mol. The summed E-state index contributed by atoms with van der Waals surface area (Å²) in [5.74, 6) is 1.45. The smallest absolute Gasteiger partial charge is 0.239 e. The van der Waals surface area contributed by atoms with E-state index in [1.807, 2.05) is 33.9 Å². The molecule has 0 unspecified atom stereocenters. The van der Waals surface area contributed by atoms with Gasteiger partial charge in [-0.25, -0.2) is 9.97 Å². The highest BCUT2D eigenvalue weighted by atomic mass is 16.3. The Labute approximate surface area is 137 Å². The molecule has 1 amide bonds. The summed E-state index contributed by atoms with van der Waals surface area (Å²) in [6, 6.07) is 1.99. The molecular formula is C16H27N5O2. The lowest BCUT2D eigenvalue weighted by Crippen LogP contribution is -2.45. The van der Waals surface area contributed by atoms with Crippen LogP contribution in [0.5, 0.6) is 0 Å². The number of aliphatic hydroxyl groups is 1. The van der Waals surface area contributed by atoms with Gasteiger partial charge < -0.3 is 20.2 Å². The molecule has 1 saturated heterocycles. The zero-order valence-electron chi connectivity index (χ0n) is 14.4. The van der Waals surface area contributed by atoms with Gasteiger partial charge in [-0.2, -0.15) is 0 Å². The van der Waals surface area contributed by atoms with Crippen molar-refractivity contribution in [3.63, 3.8) is 0 Å². The quantitative estimate of drug-likeness (QED) is 0.834. The van der Waals surface area contributed by atoms with Gasteiger partial charge in [-0.3, -0.25) is 4.79 Å². The Hall–Kier alpha value is -1.89. The van der Waals surface area contributed by atoms with Crippen molar-refractivity contribution in [1.29, 1.82) is 0 Å². The van der Waals surface area contributed by atoms with E-state index in [0.29, 0.717) is 5.82 Å². The molecule has 1 aliphatic heterocycles. The maximum atomic E-state index is 12.0. The Morgan fingerprint density at radius 2 is 2.22 bits per heavy atom. The highest BCUT2D eigenvalue weighted by molar-refractivity contribution is 5.81. The lowest BCUT2D eigenvalue weighted by atomic mass is 10.1. The molecule has 1 fully saturated rings. The maximum absolute atomic E-state index is 12.0. The predicted molar refractivity (Wildman–Crippen MR) is 90.7 cm³/mol. The molecule has 1 aromatic heterocycles. The zero-order chi connectivity index (χ0) is 17.0. The van der Waals surface area contributed by atoms with E-state index in [0.717, 1.165) is 25.2 Å². The minimum atomic E-state index is -0.251. The number of nitrogens with one attached hydrogen (secondary N) is 1. The number of aromatic nitrogens is 2. The first-order valence-corrected chi connectivity index (χ1v) is 8.02. The Balaban J connectivity index is 2.05. The van der Waals surface area contributed by atoms with Crippen molar-refractivity contribution in [2.24, 2.45) is 0 Å². The minimum Gasteiger partial charge on any atom is -0.394 e. The summed E-state index contributed by atoms with van der Waals surface area (Å²) in [7, 11) is 1.84. The Kier molecular flexibility index (Phi) is 5.41. The van der Waals surface area contributed by atoms with Gasteiger partial charge in [0.05, 0.1) is 19.2 Å². The second kappa shape index (κ2) is 7.12. The minimum absolute atomic E-state index is 0.0467. The van der Waals surface area contributed by atoms with Crippen molar-refractivity contribution < 1.29 is 9.90 Å². The largest absolute Gasteiger partial charge is 0.394 e. The topological polar surface area (TPSA) is 81.6 Å². The van der Waals surface area contributed by atoms with E-state index >= 15 is 0 Å². The van der Waals surface area contributed by atoms with Crippen LogP contribution < -0.4 is 15.1 Å². The van der Waals surface area contributed by atoms with Crippen molar-refractivity contribution in [3.05, 3.63) is 12.4 Å². The number of carbonyl (C=O) groups excluding carboxylic acids is 1. The predicted octanol–water partition coefficient (Wildman–Crippen LogP) is 0.789. The van der Waals surface area contributed by atoms with E-state index in [1.54, 1.807) is 4.90 Å². The molecule has 0 aromatic carbocycles. The van der Waals surface area contributed by atoms with Crippen LogP contribution >= 0.6 is 0 Å².